The Kier molecular flexibility index (Phi) is 6.69. The number of anilines is 1. The van der Waals surface area contributed by atoms with Crippen molar-refractivity contribution in [3.63, 3.8) is 0 Å². The van der Waals surface area contributed by atoms with E-state index in [4.69, 9.17) is 23.2 Å². The van der Waals surface area contributed by atoms with Crippen molar-refractivity contribution in [3.05, 3.63) is 58.1 Å². The molecule has 0 bridgehead atoms. The summed E-state index contributed by atoms with van der Waals surface area (Å²) in [6.07, 6.45) is 0. The van der Waals surface area contributed by atoms with Crippen LogP contribution in [0.4, 0.5) is 5.69 Å². The molecule has 0 aliphatic heterocycles. The standard InChI is InChI=1S/C18H20Cl2N2O3S/c1-4-22(26(24,25)17-15(19)6-5-7-16(17)20)13(3)18(23)21-14-10-8-12(2)9-11-14/h5-11,13H,4H2,1-3H3,(H,21,23)/t13-/m1/s1. The summed E-state index contributed by atoms with van der Waals surface area (Å²) < 4.78 is 27.1. The third kappa shape index (κ3) is 4.38. The molecule has 0 aliphatic carbocycles. The second-order valence-corrected chi connectivity index (χ2v) is 8.43. The van der Waals surface area contributed by atoms with Crippen LogP contribution >= 0.6 is 23.2 Å². The number of nitrogens with zero attached hydrogens (tertiary/aromatic N) is 1. The maximum absolute atomic E-state index is 13.0. The van der Waals surface area contributed by atoms with Crippen molar-refractivity contribution < 1.29 is 13.2 Å². The summed E-state index contributed by atoms with van der Waals surface area (Å²) in [6.45, 7) is 5.20. The molecule has 0 spiro atoms. The number of aryl methyl sites for hydroxylation is 1. The van der Waals surface area contributed by atoms with Gasteiger partial charge in [-0.1, -0.05) is 53.9 Å². The maximum atomic E-state index is 13.0. The minimum atomic E-state index is -4.05. The van der Waals surface area contributed by atoms with E-state index in [-0.39, 0.29) is 21.5 Å². The Balaban J connectivity index is 2.31. The van der Waals surface area contributed by atoms with E-state index in [0.29, 0.717) is 5.69 Å². The molecule has 2 aromatic carbocycles. The van der Waals surface area contributed by atoms with Gasteiger partial charge < -0.3 is 5.32 Å². The van der Waals surface area contributed by atoms with Gasteiger partial charge in [0.2, 0.25) is 15.9 Å². The third-order valence-corrected chi connectivity index (χ3v) is 6.93. The molecular formula is C18H20Cl2N2O3S. The highest BCUT2D eigenvalue weighted by atomic mass is 35.5. The largest absolute Gasteiger partial charge is 0.325 e. The molecule has 0 aromatic heterocycles. The Hall–Kier alpha value is -1.60. The summed E-state index contributed by atoms with van der Waals surface area (Å²) in [5.74, 6) is -0.442. The summed E-state index contributed by atoms with van der Waals surface area (Å²) >= 11 is 12.1. The summed E-state index contributed by atoms with van der Waals surface area (Å²) in [5.41, 5.74) is 1.65. The molecule has 0 saturated heterocycles. The van der Waals surface area contributed by atoms with E-state index in [0.717, 1.165) is 9.87 Å². The smallest absolute Gasteiger partial charge is 0.246 e. The lowest BCUT2D eigenvalue weighted by Crippen LogP contribution is -2.45. The number of amides is 1. The molecular weight excluding hydrogens is 395 g/mol. The molecule has 1 N–H and O–H groups in total. The van der Waals surface area contributed by atoms with Crippen LogP contribution < -0.4 is 5.32 Å². The number of carbonyl (C=O) groups excluding carboxylic acids is 1. The number of carbonyl (C=O) groups is 1. The van der Waals surface area contributed by atoms with Crippen molar-refractivity contribution >= 4 is 44.8 Å². The highest BCUT2D eigenvalue weighted by Crippen LogP contribution is 2.32. The molecule has 0 unspecified atom stereocenters. The monoisotopic (exact) mass is 414 g/mol. The van der Waals surface area contributed by atoms with Crippen LogP contribution in [0.2, 0.25) is 10.0 Å². The number of likely N-dealkylation sites (N-methyl/N-ethyl adjacent to an activating group) is 1. The Morgan fingerprint density at radius 2 is 1.65 bits per heavy atom. The minimum absolute atomic E-state index is 0.0158. The van der Waals surface area contributed by atoms with Crippen molar-refractivity contribution in [2.75, 3.05) is 11.9 Å². The predicted molar refractivity (Wildman–Crippen MR) is 105 cm³/mol. The van der Waals surface area contributed by atoms with Gasteiger partial charge in [-0.3, -0.25) is 4.79 Å². The molecule has 5 nitrogen and oxygen atoms in total. The van der Waals surface area contributed by atoms with E-state index in [1.165, 1.54) is 19.1 Å². The van der Waals surface area contributed by atoms with Gasteiger partial charge >= 0.3 is 0 Å². The van der Waals surface area contributed by atoms with E-state index in [2.05, 4.69) is 5.32 Å². The molecule has 0 saturated carbocycles. The molecule has 0 fully saturated rings. The Labute approximate surface area is 164 Å². The van der Waals surface area contributed by atoms with Crippen LogP contribution in [0.5, 0.6) is 0 Å². The number of rotatable bonds is 6. The summed E-state index contributed by atoms with van der Waals surface area (Å²) in [4.78, 5) is 12.4. The number of hydrogen-bond donors (Lipinski definition) is 1. The molecule has 0 heterocycles. The quantitative estimate of drug-likeness (QED) is 0.763. The first-order valence-electron chi connectivity index (χ1n) is 8.02. The van der Waals surface area contributed by atoms with Crippen molar-refractivity contribution in [1.29, 1.82) is 0 Å². The van der Waals surface area contributed by atoms with Gasteiger partial charge in [-0.25, -0.2) is 8.42 Å². The fraction of sp³-hybridized carbons (Fsp3) is 0.278. The normalized spacial score (nSPS) is 12.8. The van der Waals surface area contributed by atoms with Crippen LogP contribution in [-0.2, 0) is 14.8 Å². The van der Waals surface area contributed by atoms with E-state index in [9.17, 15) is 13.2 Å². The highest BCUT2D eigenvalue weighted by Gasteiger charge is 2.34. The number of hydrogen-bond acceptors (Lipinski definition) is 3. The minimum Gasteiger partial charge on any atom is -0.325 e. The third-order valence-electron chi connectivity index (χ3n) is 3.93. The summed E-state index contributed by atoms with van der Waals surface area (Å²) in [5, 5.41) is 2.76. The zero-order valence-corrected chi connectivity index (χ0v) is 17.0. The lowest BCUT2D eigenvalue weighted by atomic mass is 10.2. The Bertz CT molecular complexity index is 879. The van der Waals surface area contributed by atoms with Gasteiger partial charge in [-0.2, -0.15) is 4.31 Å². The van der Waals surface area contributed by atoms with E-state index >= 15 is 0 Å². The van der Waals surface area contributed by atoms with Gasteiger partial charge in [0.15, 0.2) is 0 Å². The van der Waals surface area contributed by atoms with Gasteiger partial charge in [0.1, 0.15) is 10.9 Å². The van der Waals surface area contributed by atoms with Crippen molar-refractivity contribution in [1.82, 2.24) is 4.31 Å². The first-order chi connectivity index (χ1) is 12.2. The average molecular weight is 415 g/mol. The average Bonchev–Trinajstić information content (AvgIpc) is 2.56. The van der Waals surface area contributed by atoms with E-state index in [1.54, 1.807) is 25.1 Å². The number of sulfonamides is 1. The predicted octanol–water partition coefficient (Wildman–Crippen LogP) is 4.34. The Morgan fingerprint density at radius 1 is 1.12 bits per heavy atom. The molecule has 1 amide bonds. The van der Waals surface area contributed by atoms with Gasteiger partial charge in [0.05, 0.1) is 10.0 Å². The number of halogens is 2. The molecule has 8 heteroatoms. The zero-order chi connectivity index (χ0) is 19.5. The van der Waals surface area contributed by atoms with Crippen LogP contribution in [0.25, 0.3) is 0 Å². The zero-order valence-electron chi connectivity index (χ0n) is 14.7. The highest BCUT2D eigenvalue weighted by molar-refractivity contribution is 7.89. The summed E-state index contributed by atoms with van der Waals surface area (Å²) in [6, 6.07) is 10.8. The molecule has 0 aliphatic rings. The molecule has 140 valence electrons. The SMILES string of the molecule is CCN([C@H](C)C(=O)Nc1ccc(C)cc1)S(=O)(=O)c1c(Cl)cccc1Cl. The van der Waals surface area contributed by atoms with Gasteiger partial charge in [0.25, 0.3) is 0 Å². The molecule has 26 heavy (non-hydrogen) atoms. The Morgan fingerprint density at radius 3 is 2.15 bits per heavy atom. The van der Waals surface area contributed by atoms with Crippen LogP contribution in [0.1, 0.15) is 19.4 Å². The van der Waals surface area contributed by atoms with Crippen molar-refractivity contribution in [2.24, 2.45) is 0 Å². The second kappa shape index (κ2) is 8.39. The topological polar surface area (TPSA) is 66.5 Å². The van der Waals surface area contributed by atoms with E-state index < -0.39 is 22.0 Å². The first-order valence-corrected chi connectivity index (χ1v) is 10.2. The fourth-order valence-corrected chi connectivity index (χ4v) is 5.21. The van der Waals surface area contributed by atoms with Crippen molar-refractivity contribution in [2.45, 2.75) is 31.7 Å². The lowest BCUT2D eigenvalue weighted by Gasteiger charge is -2.27. The van der Waals surface area contributed by atoms with Crippen LogP contribution in [-0.4, -0.2) is 31.2 Å². The van der Waals surface area contributed by atoms with E-state index in [1.807, 2.05) is 19.1 Å². The number of nitrogens with one attached hydrogen (secondary N) is 1. The van der Waals surface area contributed by atoms with Gasteiger partial charge in [-0.05, 0) is 38.1 Å². The van der Waals surface area contributed by atoms with Crippen LogP contribution in [0.15, 0.2) is 47.4 Å². The van der Waals surface area contributed by atoms with Crippen LogP contribution in [0.3, 0.4) is 0 Å². The fourth-order valence-electron chi connectivity index (χ4n) is 2.51. The molecule has 0 radical (unpaired) electrons. The molecule has 1 atom stereocenters. The number of benzene rings is 2. The molecule has 2 rings (SSSR count). The van der Waals surface area contributed by atoms with Gasteiger partial charge in [-0.15, -0.1) is 0 Å². The van der Waals surface area contributed by atoms with Gasteiger partial charge in [0, 0.05) is 12.2 Å². The van der Waals surface area contributed by atoms with Crippen LogP contribution in [0, 0.1) is 6.92 Å². The maximum Gasteiger partial charge on any atom is 0.246 e. The summed E-state index contributed by atoms with van der Waals surface area (Å²) in [7, 11) is -4.05. The first kappa shape index (κ1) is 20.7. The molecule has 2 aromatic rings. The van der Waals surface area contributed by atoms with Crippen molar-refractivity contribution in [3.8, 4) is 0 Å². The second-order valence-electron chi connectivity index (χ2n) is 5.79. The lowest BCUT2D eigenvalue weighted by molar-refractivity contribution is -0.119.